The number of pyridine rings is 1. The number of benzene rings is 1. The van der Waals surface area contributed by atoms with E-state index in [0.717, 1.165) is 11.1 Å². The minimum atomic E-state index is -0.945. The molecule has 1 aliphatic heterocycles. The molecule has 1 amide bonds. The zero-order valence-corrected chi connectivity index (χ0v) is 23.4. The second-order valence-electron chi connectivity index (χ2n) is 9.69. The van der Waals surface area contributed by atoms with Crippen LogP contribution in [0.2, 0.25) is 5.15 Å². The highest BCUT2D eigenvalue weighted by Crippen LogP contribution is 2.34. The van der Waals surface area contributed by atoms with Crippen LogP contribution in [-0.4, -0.2) is 64.5 Å². The molecule has 1 aliphatic rings. The van der Waals surface area contributed by atoms with Gasteiger partial charge in [-0.15, -0.1) is 5.10 Å². The third-order valence-corrected chi connectivity index (χ3v) is 7.20. The number of halogens is 1. The van der Waals surface area contributed by atoms with Gasteiger partial charge in [-0.1, -0.05) is 23.2 Å². The molecular formula is C27H25ClN10O4. The first-order valence-electron chi connectivity index (χ1n) is 13.0. The summed E-state index contributed by atoms with van der Waals surface area (Å²) in [5, 5.41) is 11.7. The maximum absolute atomic E-state index is 13.5. The Hall–Kier alpha value is -4.95. The minimum Gasteiger partial charge on any atom is -0.409 e. The van der Waals surface area contributed by atoms with E-state index in [1.54, 1.807) is 23.8 Å². The lowest BCUT2D eigenvalue weighted by Gasteiger charge is -2.14. The molecule has 15 heteroatoms. The smallest absolute Gasteiger partial charge is 0.409 e. The largest absolute Gasteiger partial charge is 0.410 e. The first kappa shape index (κ1) is 27.2. The number of aromatic amines is 1. The predicted octanol–water partition coefficient (Wildman–Crippen LogP) is 2.81. The van der Waals surface area contributed by atoms with E-state index in [1.165, 1.54) is 17.1 Å². The fourth-order valence-electron chi connectivity index (χ4n) is 5.06. The number of nitrogens with zero attached hydrogens (tertiary/aromatic N) is 8. The number of ether oxygens (including phenoxy) is 2. The highest BCUT2D eigenvalue weighted by atomic mass is 35.5. The van der Waals surface area contributed by atoms with Crippen molar-refractivity contribution in [3.05, 3.63) is 81.1 Å². The molecular weight excluding hydrogens is 564 g/mol. The molecule has 5 aromatic rings. The Kier molecular flexibility index (Phi) is 7.22. The van der Waals surface area contributed by atoms with E-state index < -0.39 is 12.1 Å². The molecule has 0 saturated carbocycles. The molecule has 4 aromatic heterocycles. The SMILES string of the molecule is COCCc1nc(-c2nc([C@@H]3CCc4nc(-c5cc(C)ccc5-n5cnnn5)cc(=O)n43)[nH]c2Cl)ccc1OC(N)=O. The maximum atomic E-state index is 13.5. The quantitative estimate of drug-likeness (QED) is 0.273. The number of amides is 1. The van der Waals surface area contributed by atoms with Crippen LogP contribution in [0.1, 0.15) is 35.4 Å². The Morgan fingerprint density at radius 1 is 1.17 bits per heavy atom. The van der Waals surface area contributed by atoms with Crippen molar-refractivity contribution in [2.24, 2.45) is 5.73 Å². The second kappa shape index (κ2) is 11.1. The molecule has 1 atom stereocenters. The lowest BCUT2D eigenvalue weighted by atomic mass is 10.1. The fourth-order valence-corrected chi connectivity index (χ4v) is 5.30. The van der Waals surface area contributed by atoms with Gasteiger partial charge in [-0.2, -0.15) is 4.68 Å². The number of nitrogens with one attached hydrogen (secondary N) is 1. The van der Waals surface area contributed by atoms with Crippen LogP contribution in [-0.2, 0) is 17.6 Å². The number of nitrogens with two attached hydrogens (primary N) is 1. The number of H-pyrrole nitrogens is 1. The Bertz CT molecular complexity index is 1850. The third kappa shape index (κ3) is 5.12. The van der Waals surface area contributed by atoms with Gasteiger partial charge in [0.2, 0.25) is 0 Å². The third-order valence-electron chi connectivity index (χ3n) is 6.92. The molecule has 14 nitrogen and oxygen atoms in total. The molecule has 1 aromatic carbocycles. The summed E-state index contributed by atoms with van der Waals surface area (Å²) < 4.78 is 13.4. The lowest BCUT2D eigenvalue weighted by Crippen LogP contribution is -2.25. The number of carbonyl (C=O) groups excluding carboxylic acids is 1. The summed E-state index contributed by atoms with van der Waals surface area (Å²) in [6, 6.07) is 10.1. The van der Waals surface area contributed by atoms with Gasteiger partial charge in [-0.25, -0.2) is 19.7 Å². The van der Waals surface area contributed by atoms with Crippen LogP contribution in [0.25, 0.3) is 28.3 Å². The second-order valence-corrected chi connectivity index (χ2v) is 10.1. The number of hydrogen-bond donors (Lipinski definition) is 2. The van der Waals surface area contributed by atoms with Crippen LogP contribution >= 0.6 is 11.6 Å². The van der Waals surface area contributed by atoms with Crippen LogP contribution < -0.4 is 16.0 Å². The van der Waals surface area contributed by atoms with Crippen molar-refractivity contribution in [2.75, 3.05) is 13.7 Å². The van der Waals surface area contributed by atoms with Crippen LogP contribution in [0, 0.1) is 6.92 Å². The summed E-state index contributed by atoms with van der Waals surface area (Å²) in [5.74, 6) is 1.37. The van der Waals surface area contributed by atoms with Crippen molar-refractivity contribution in [3.63, 3.8) is 0 Å². The van der Waals surface area contributed by atoms with Crippen LogP contribution in [0.5, 0.6) is 5.75 Å². The lowest BCUT2D eigenvalue weighted by molar-refractivity contribution is 0.197. The monoisotopic (exact) mass is 588 g/mol. The number of fused-ring (bicyclic) bond motifs is 1. The molecule has 42 heavy (non-hydrogen) atoms. The van der Waals surface area contributed by atoms with Crippen LogP contribution in [0.4, 0.5) is 4.79 Å². The van der Waals surface area contributed by atoms with E-state index in [4.69, 9.17) is 36.8 Å². The van der Waals surface area contributed by atoms with Gasteiger partial charge in [0.25, 0.3) is 5.56 Å². The summed E-state index contributed by atoms with van der Waals surface area (Å²) in [6.07, 6.45) is 2.08. The molecule has 0 fully saturated rings. The summed E-state index contributed by atoms with van der Waals surface area (Å²) >= 11 is 6.58. The van der Waals surface area contributed by atoms with Gasteiger partial charge in [0.15, 0.2) is 5.75 Å². The van der Waals surface area contributed by atoms with Crippen molar-refractivity contribution < 1.29 is 14.3 Å². The number of aryl methyl sites for hydroxylation is 2. The number of rotatable bonds is 8. The summed E-state index contributed by atoms with van der Waals surface area (Å²) in [7, 11) is 1.56. The van der Waals surface area contributed by atoms with Gasteiger partial charge < -0.3 is 20.2 Å². The molecule has 0 saturated heterocycles. The molecule has 0 aliphatic carbocycles. The summed E-state index contributed by atoms with van der Waals surface area (Å²) in [5.41, 5.74) is 9.29. The molecule has 5 heterocycles. The molecule has 0 radical (unpaired) electrons. The summed E-state index contributed by atoms with van der Waals surface area (Å²) in [6.45, 7) is 2.32. The number of hydrogen-bond acceptors (Lipinski definition) is 10. The van der Waals surface area contributed by atoms with E-state index >= 15 is 0 Å². The van der Waals surface area contributed by atoms with Gasteiger partial charge in [0.05, 0.1) is 35.4 Å². The van der Waals surface area contributed by atoms with Crippen molar-refractivity contribution in [1.29, 1.82) is 0 Å². The molecule has 0 unspecified atom stereocenters. The molecule has 0 spiro atoms. The highest BCUT2D eigenvalue weighted by molar-refractivity contribution is 6.31. The molecule has 3 N–H and O–H groups in total. The number of imidazole rings is 1. The van der Waals surface area contributed by atoms with Crippen molar-refractivity contribution in [3.8, 4) is 34.1 Å². The Balaban J connectivity index is 1.35. The number of tetrazole rings is 1. The first-order valence-corrected chi connectivity index (χ1v) is 13.4. The van der Waals surface area contributed by atoms with E-state index in [-0.39, 0.29) is 16.5 Å². The van der Waals surface area contributed by atoms with Crippen LogP contribution in [0.3, 0.4) is 0 Å². The van der Waals surface area contributed by atoms with E-state index in [1.807, 2.05) is 25.1 Å². The number of primary amides is 1. The zero-order valence-electron chi connectivity index (χ0n) is 22.6. The average Bonchev–Trinajstić information content (AvgIpc) is 3.72. The average molecular weight is 589 g/mol. The zero-order chi connectivity index (χ0) is 29.4. The molecule has 0 bridgehead atoms. The van der Waals surface area contributed by atoms with Crippen molar-refractivity contribution >= 4 is 17.7 Å². The fraction of sp³-hybridized carbons (Fsp3) is 0.259. The predicted molar refractivity (Wildman–Crippen MR) is 150 cm³/mol. The van der Waals surface area contributed by atoms with E-state index in [0.29, 0.717) is 66.0 Å². The first-order chi connectivity index (χ1) is 20.3. The number of carbonyl (C=O) groups is 1. The Morgan fingerprint density at radius 3 is 2.79 bits per heavy atom. The van der Waals surface area contributed by atoms with E-state index in [9.17, 15) is 9.59 Å². The maximum Gasteiger partial charge on any atom is 0.410 e. The topological polar surface area (TPSA) is 182 Å². The minimum absolute atomic E-state index is 0.219. The summed E-state index contributed by atoms with van der Waals surface area (Å²) in [4.78, 5) is 42.2. The Labute approximate surface area is 243 Å². The van der Waals surface area contributed by atoms with Crippen LogP contribution in [0.15, 0.2) is 47.5 Å². The number of methoxy groups -OCH3 is 1. The van der Waals surface area contributed by atoms with Crippen molar-refractivity contribution in [1.82, 2.24) is 44.7 Å². The van der Waals surface area contributed by atoms with Gasteiger partial charge >= 0.3 is 6.09 Å². The number of aromatic nitrogens is 9. The van der Waals surface area contributed by atoms with Gasteiger partial charge in [0, 0.05) is 31.6 Å². The van der Waals surface area contributed by atoms with Gasteiger partial charge in [0.1, 0.15) is 28.8 Å². The van der Waals surface area contributed by atoms with E-state index in [2.05, 4.69) is 25.5 Å². The highest BCUT2D eigenvalue weighted by Gasteiger charge is 2.30. The van der Waals surface area contributed by atoms with Gasteiger partial charge in [-0.3, -0.25) is 9.36 Å². The normalized spacial score (nSPS) is 14.2. The Morgan fingerprint density at radius 2 is 2.02 bits per heavy atom. The van der Waals surface area contributed by atoms with Crippen molar-refractivity contribution in [2.45, 2.75) is 32.2 Å². The van der Waals surface area contributed by atoms with Gasteiger partial charge in [-0.05, 0) is 48.0 Å². The standard InChI is InChI=1S/C27H25ClN10O4/c1-14-3-5-19(37-13-30-35-36-37)15(11-14)18-12-23(39)38-20(6-8-22(38)32-18)26-33-24(25(28)34-26)17-4-7-21(42-27(29)40)16(31-17)9-10-41-2/h3-5,7,11-13,20H,6,8-10H2,1-2H3,(H2,29,40)(H,33,34)/t20-/m0/s1. The molecule has 6 rings (SSSR count). The molecule has 214 valence electrons.